The minimum absolute atomic E-state index is 0.478. The van der Waals surface area contributed by atoms with E-state index in [1.165, 1.54) is 398 Å². The lowest BCUT2D eigenvalue weighted by Crippen LogP contribution is -2.47. The lowest BCUT2D eigenvalue weighted by molar-refractivity contribution is 0.0162. The fraction of sp³-hybridized carbons (Fsp3) is 0.987. The fourth-order valence-electron chi connectivity index (χ4n) is 16.7. The molecular formula is C75H143. The van der Waals surface area contributed by atoms with Crippen LogP contribution in [0.25, 0.3) is 0 Å². The first-order valence-electron chi connectivity index (χ1n) is 37.3. The van der Waals surface area contributed by atoms with Gasteiger partial charge in [0.05, 0.1) is 0 Å². The maximum Gasteiger partial charge on any atom is -0.0143 e. The molecule has 4 rings (SSSR count). The summed E-state index contributed by atoms with van der Waals surface area (Å²) in [5.41, 5.74) is 0.478. The van der Waals surface area contributed by atoms with Crippen molar-refractivity contribution in [2.24, 2.45) is 23.2 Å². The molecule has 0 saturated heterocycles. The van der Waals surface area contributed by atoms with Crippen LogP contribution >= 0.6 is 0 Å². The number of hydrogen-bond acceptors (Lipinski definition) is 0. The summed E-state index contributed by atoms with van der Waals surface area (Å²) in [6.07, 6.45) is 106. The molecule has 0 spiro atoms. The monoisotopic (exact) mass is 1040 g/mol. The van der Waals surface area contributed by atoms with Crippen molar-refractivity contribution >= 4 is 0 Å². The standard InChI is InChI=1S/C75H143/c1-2-4-9-13-22-30-38-46-54-62-70-75(73-67-59-51-43-35-27-20-21-28-36-44-52-60-68-73,72-65-57-49-41-33-25-17-14-18-26-34-42-50-58-66-72)74(69-61-53-45-37-29-19-12-8-3-1)71-63-55-47-39-31-23-15-10-6-5-7-11-16-24-32-40-48-56-64-71/h71-73H,1-70H2. The zero-order valence-corrected chi connectivity index (χ0v) is 52.2. The Kier molecular flexibility index (Phi) is 45.8. The molecule has 1 radical (unpaired) electrons. The maximum atomic E-state index is 2.31. The Morgan fingerprint density at radius 2 is 0.320 bits per heavy atom. The minimum Gasteiger partial charge on any atom is -0.0533 e. The third-order valence-electron chi connectivity index (χ3n) is 21.4. The second kappa shape index (κ2) is 50.9. The van der Waals surface area contributed by atoms with Crippen molar-refractivity contribution < 1.29 is 0 Å². The minimum atomic E-state index is 0.478. The topological polar surface area (TPSA) is 0 Å². The molecule has 1 atom stereocenters. The summed E-state index contributed by atoms with van der Waals surface area (Å²) >= 11 is 0. The van der Waals surface area contributed by atoms with E-state index >= 15 is 0 Å². The van der Waals surface area contributed by atoms with E-state index in [0.29, 0.717) is 5.41 Å². The third-order valence-corrected chi connectivity index (χ3v) is 21.4. The molecule has 0 N–H and O–H groups in total. The molecule has 4 fully saturated rings. The van der Waals surface area contributed by atoms with E-state index in [4.69, 9.17) is 0 Å². The van der Waals surface area contributed by atoms with Gasteiger partial charge in [-0.3, -0.25) is 0 Å². The van der Waals surface area contributed by atoms with Crippen LogP contribution in [0.3, 0.4) is 0 Å². The van der Waals surface area contributed by atoms with E-state index in [1.54, 1.807) is 51.4 Å². The molecule has 4 saturated carbocycles. The maximum absolute atomic E-state index is 2.31. The summed E-state index contributed by atoms with van der Waals surface area (Å²) in [5, 5.41) is 0. The quantitative estimate of drug-likeness (QED) is 0.264. The average Bonchev–Trinajstić information content (AvgIpc) is 3.43. The first-order valence-corrected chi connectivity index (χ1v) is 37.3. The highest BCUT2D eigenvalue weighted by molar-refractivity contribution is 5.16. The lowest BCUT2D eigenvalue weighted by Gasteiger charge is -2.55. The van der Waals surface area contributed by atoms with E-state index < -0.39 is 0 Å². The van der Waals surface area contributed by atoms with Crippen molar-refractivity contribution in [1.29, 1.82) is 0 Å². The normalized spacial score (nSPS) is 27.8. The predicted molar refractivity (Wildman–Crippen MR) is 339 cm³/mol. The Bertz CT molecular complexity index is 1080. The van der Waals surface area contributed by atoms with Gasteiger partial charge in [-0.05, 0) is 80.5 Å². The molecule has 0 aromatic rings. The van der Waals surface area contributed by atoms with E-state index in [2.05, 4.69) is 5.92 Å². The third kappa shape index (κ3) is 34.8. The van der Waals surface area contributed by atoms with Gasteiger partial charge in [0.1, 0.15) is 0 Å². The van der Waals surface area contributed by atoms with Gasteiger partial charge in [0.25, 0.3) is 0 Å². The van der Waals surface area contributed by atoms with Crippen LogP contribution in [-0.2, 0) is 0 Å². The molecule has 4 aliphatic carbocycles. The van der Waals surface area contributed by atoms with Crippen molar-refractivity contribution in [2.75, 3.05) is 0 Å². The van der Waals surface area contributed by atoms with Gasteiger partial charge in [-0.15, -0.1) is 0 Å². The molecule has 0 heterocycles. The Morgan fingerprint density at radius 3 is 0.533 bits per heavy atom. The van der Waals surface area contributed by atoms with Crippen LogP contribution in [0.15, 0.2) is 0 Å². The van der Waals surface area contributed by atoms with Gasteiger partial charge in [0, 0.05) is 0 Å². The van der Waals surface area contributed by atoms with Crippen LogP contribution in [-0.4, -0.2) is 0 Å². The zero-order valence-electron chi connectivity index (χ0n) is 52.2. The van der Waals surface area contributed by atoms with E-state index in [9.17, 15) is 0 Å². The van der Waals surface area contributed by atoms with Crippen molar-refractivity contribution in [3.63, 3.8) is 0 Å². The Balaban J connectivity index is 1.80. The molecule has 443 valence electrons. The highest BCUT2D eigenvalue weighted by Gasteiger charge is 2.51. The van der Waals surface area contributed by atoms with Gasteiger partial charge < -0.3 is 0 Å². The SMILES string of the molecule is C1CCCCCCCCCCCC(C2CCCCCCCCCCCCCCC2)(C2CCCCCCCCCCCCCC2)[C](C2CCCCCCCCCCCCCCCCCCC2)CCCCCCCCCC1. The molecule has 0 heteroatoms. The van der Waals surface area contributed by atoms with Crippen molar-refractivity contribution in [2.45, 2.75) is 449 Å². The molecular weight excluding hydrogens is 901 g/mol. The molecule has 0 amide bonds. The van der Waals surface area contributed by atoms with Crippen LogP contribution in [0.2, 0.25) is 0 Å². The smallest absolute Gasteiger partial charge is 0.0143 e. The van der Waals surface area contributed by atoms with Gasteiger partial charge in [0.2, 0.25) is 0 Å². The Morgan fingerprint density at radius 1 is 0.160 bits per heavy atom. The van der Waals surface area contributed by atoms with Crippen LogP contribution in [0.5, 0.6) is 0 Å². The van der Waals surface area contributed by atoms with Crippen molar-refractivity contribution in [1.82, 2.24) is 0 Å². The van der Waals surface area contributed by atoms with Crippen molar-refractivity contribution in [3.05, 3.63) is 5.92 Å². The molecule has 0 bridgehead atoms. The van der Waals surface area contributed by atoms with Crippen LogP contribution in [0.1, 0.15) is 449 Å². The summed E-state index contributed by atoms with van der Waals surface area (Å²) in [6.45, 7) is 0. The van der Waals surface area contributed by atoms with Crippen molar-refractivity contribution in [3.8, 4) is 0 Å². The second-order valence-electron chi connectivity index (χ2n) is 27.8. The van der Waals surface area contributed by atoms with Gasteiger partial charge in [-0.1, -0.05) is 398 Å². The van der Waals surface area contributed by atoms with E-state index in [1.807, 2.05) is 0 Å². The molecule has 1 unspecified atom stereocenters. The predicted octanol–water partition coefficient (Wildman–Crippen LogP) is 27.8. The average molecular weight is 1040 g/mol. The van der Waals surface area contributed by atoms with Gasteiger partial charge in [0.15, 0.2) is 0 Å². The highest BCUT2D eigenvalue weighted by Crippen LogP contribution is 2.60. The molecule has 0 aliphatic heterocycles. The molecule has 0 aromatic carbocycles. The fourth-order valence-corrected chi connectivity index (χ4v) is 16.7. The Hall–Kier alpha value is 0. The van der Waals surface area contributed by atoms with Gasteiger partial charge in [-0.25, -0.2) is 0 Å². The molecule has 4 aliphatic rings. The Labute approximate surface area is 476 Å². The summed E-state index contributed by atoms with van der Waals surface area (Å²) in [5.74, 6) is 5.08. The highest BCUT2D eigenvalue weighted by atomic mass is 14.6. The van der Waals surface area contributed by atoms with Crippen LogP contribution < -0.4 is 0 Å². The van der Waals surface area contributed by atoms with Gasteiger partial charge in [-0.2, -0.15) is 0 Å². The number of rotatable bonds is 3. The first-order chi connectivity index (χ1) is 37.4. The lowest BCUT2D eigenvalue weighted by atomic mass is 9.49. The molecule has 75 heavy (non-hydrogen) atoms. The molecule has 0 aromatic heterocycles. The zero-order chi connectivity index (χ0) is 52.3. The van der Waals surface area contributed by atoms with E-state index in [-0.39, 0.29) is 0 Å². The van der Waals surface area contributed by atoms with Gasteiger partial charge >= 0.3 is 0 Å². The number of hydrogen-bond donors (Lipinski definition) is 0. The van der Waals surface area contributed by atoms with Crippen LogP contribution in [0, 0.1) is 29.1 Å². The summed E-state index contributed by atoms with van der Waals surface area (Å²) in [4.78, 5) is 0. The first kappa shape index (κ1) is 67.5. The summed E-state index contributed by atoms with van der Waals surface area (Å²) < 4.78 is 0. The molecule has 0 nitrogen and oxygen atoms in total. The second-order valence-corrected chi connectivity index (χ2v) is 27.8. The van der Waals surface area contributed by atoms with Crippen LogP contribution in [0.4, 0.5) is 0 Å². The summed E-state index contributed by atoms with van der Waals surface area (Å²) in [7, 11) is 0. The summed E-state index contributed by atoms with van der Waals surface area (Å²) in [6, 6.07) is 0. The van der Waals surface area contributed by atoms with E-state index in [0.717, 1.165) is 17.8 Å². The largest absolute Gasteiger partial charge is 0.0533 e.